The van der Waals surface area contributed by atoms with E-state index in [-0.39, 0.29) is 24.2 Å². The molecule has 8 nitrogen and oxygen atoms in total. The first-order valence-electron chi connectivity index (χ1n) is 12.0. The number of nitrogens with one attached hydrogen (secondary N) is 1. The van der Waals surface area contributed by atoms with Gasteiger partial charge in [-0.25, -0.2) is 9.38 Å². The lowest BCUT2D eigenvalue weighted by molar-refractivity contribution is -0.132. The molecule has 33 heavy (non-hydrogen) atoms. The fourth-order valence-electron chi connectivity index (χ4n) is 4.85. The van der Waals surface area contributed by atoms with Gasteiger partial charge in [-0.15, -0.1) is 0 Å². The number of nitrogens with zero attached hydrogens (tertiary/aromatic N) is 3. The molecule has 0 spiro atoms. The van der Waals surface area contributed by atoms with E-state index in [0.29, 0.717) is 43.7 Å². The fraction of sp³-hybridized carbons (Fsp3) is 0.625. The lowest BCUT2D eigenvalue weighted by atomic mass is 9.94. The minimum Gasteiger partial charge on any atom is -0.488 e. The van der Waals surface area contributed by atoms with E-state index in [9.17, 15) is 19.1 Å². The number of aliphatic imine (C=N–C) groups is 1. The van der Waals surface area contributed by atoms with Gasteiger partial charge in [-0.1, -0.05) is 25.3 Å². The number of unbranched alkanes of at least 4 members (excludes halogenated alkanes) is 2. The number of ether oxygens (including phenoxy) is 1. The molecule has 3 aliphatic rings. The predicted molar refractivity (Wildman–Crippen MR) is 122 cm³/mol. The highest BCUT2D eigenvalue weighted by molar-refractivity contribution is 6.08. The number of guanidine groups is 1. The zero-order valence-corrected chi connectivity index (χ0v) is 19.2. The second kappa shape index (κ2) is 10.5. The molecule has 1 aromatic rings. The number of aliphatic hydroxyl groups excluding tert-OH is 1. The average molecular weight is 461 g/mol. The third-order valence-electron chi connectivity index (χ3n) is 6.88. The molecule has 4 rings (SSSR count). The van der Waals surface area contributed by atoms with Crippen LogP contribution in [0.4, 0.5) is 10.1 Å². The third kappa shape index (κ3) is 5.13. The van der Waals surface area contributed by atoms with Gasteiger partial charge in [0.2, 0.25) is 11.9 Å². The molecule has 2 fully saturated rings. The molecule has 2 aliphatic heterocycles. The van der Waals surface area contributed by atoms with Gasteiger partial charge in [0.15, 0.2) is 11.6 Å². The topological polar surface area (TPSA) is 94.5 Å². The molecule has 0 radical (unpaired) electrons. The second-order valence-corrected chi connectivity index (χ2v) is 9.09. The molecule has 180 valence electrons. The Morgan fingerprint density at radius 1 is 1.27 bits per heavy atom. The lowest BCUT2D eigenvalue weighted by Gasteiger charge is -2.31. The Balaban J connectivity index is 1.26. The highest BCUT2D eigenvalue weighted by Gasteiger charge is 2.39. The summed E-state index contributed by atoms with van der Waals surface area (Å²) in [5, 5.41) is 12.1. The Morgan fingerprint density at radius 3 is 2.82 bits per heavy atom. The van der Waals surface area contributed by atoms with Crippen molar-refractivity contribution < 1.29 is 23.8 Å². The van der Waals surface area contributed by atoms with Gasteiger partial charge < -0.3 is 19.6 Å². The smallest absolute Gasteiger partial charge is 0.251 e. The maximum Gasteiger partial charge on any atom is 0.251 e. The van der Waals surface area contributed by atoms with Gasteiger partial charge in [-0.05, 0) is 38.2 Å². The van der Waals surface area contributed by atoms with Crippen LogP contribution in [0.15, 0.2) is 17.1 Å². The molecule has 2 amide bonds. The monoisotopic (exact) mass is 460 g/mol. The maximum absolute atomic E-state index is 14.5. The number of fused-ring (bicyclic) bond motifs is 2. The van der Waals surface area contributed by atoms with E-state index >= 15 is 0 Å². The molecule has 2 N–H and O–H groups in total. The van der Waals surface area contributed by atoms with E-state index in [1.54, 1.807) is 11.0 Å². The predicted octanol–water partition coefficient (Wildman–Crippen LogP) is 2.85. The van der Waals surface area contributed by atoms with Gasteiger partial charge in [0.1, 0.15) is 11.7 Å². The molecule has 1 unspecified atom stereocenters. The number of hydrogen-bond acceptors (Lipinski definition) is 6. The van der Waals surface area contributed by atoms with Crippen molar-refractivity contribution in [2.75, 3.05) is 20.3 Å². The zero-order valence-electron chi connectivity index (χ0n) is 19.2. The third-order valence-corrected chi connectivity index (χ3v) is 6.88. The van der Waals surface area contributed by atoms with Crippen LogP contribution in [0.1, 0.15) is 63.4 Å². The van der Waals surface area contributed by atoms with Crippen LogP contribution in [-0.4, -0.2) is 65.0 Å². The van der Waals surface area contributed by atoms with Crippen molar-refractivity contribution in [2.24, 2.45) is 4.99 Å². The van der Waals surface area contributed by atoms with Crippen LogP contribution < -0.4 is 10.1 Å². The SMILES string of the molecule is CN(C(=O)CCCCCOc1c(F)ccc2c1N=C1NC(=O)C(CO)N1C2)C1CCCCC1. The van der Waals surface area contributed by atoms with Crippen molar-refractivity contribution in [3.8, 4) is 5.75 Å². The normalized spacial score (nSPS) is 20.1. The molecule has 1 saturated carbocycles. The molecule has 1 aromatic carbocycles. The zero-order chi connectivity index (χ0) is 23.4. The van der Waals surface area contributed by atoms with Crippen LogP contribution >= 0.6 is 0 Å². The summed E-state index contributed by atoms with van der Waals surface area (Å²) in [5.41, 5.74) is 1.12. The van der Waals surface area contributed by atoms with Crippen LogP contribution in [-0.2, 0) is 16.1 Å². The van der Waals surface area contributed by atoms with Crippen LogP contribution in [0, 0.1) is 5.82 Å². The average Bonchev–Trinajstić information content (AvgIpc) is 3.14. The van der Waals surface area contributed by atoms with E-state index in [0.717, 1.165) is 31.2 Å². The van der Waals surface area contributed by atoms with Gasteiger partial charge in [-0.3, -0.25) is 14.9 Å². The standard InChI is InChI=1S/C24H33FN4O4/c1-28(17-8-4-2-5-9-17)20(31)10-6-3-7-13-33-22-18(25)12-11-16-14-29-19(15-30)23(32)27-24(29)26-21(16)22/h11-12,17,19,30H,2-10,13-15H2,1H3,(H,26,27,32). The summed E-state index contributed by atoms with van der Waals surface area (Å²) in [5.74, 6) is -0.238. The summed E-state index contributed by atoms with van der Waals surface area (Å²) in [7, 11) is 1.92. The van der Waals surface area contributed by atoms with Gasteiger partial charge >= 0.3 is 0 Å². The van der Waals surface area contributed by atoms with E-state index < -0.39 is 11.9 Å². The quantitative estimate of drug-likeness (QED) is 0.553. The Labute approximate surface area is 193 Å². The summed E-state index contributed by atoms with van der Waals surface area (Å²) >= 11 is 0. The van der Waals surface area contributed by atoms with Crippen LogP contribution in [0.25, 0.3) is 0 Å². The number of benzene rings is 1. The van der Waals surface area contributed by atoms with Crippen molar-refractivity contribution in [1.82, 2.24) is 15.1 Å². The summed E-state index contributed by atoms with van der Waals surface area (Å²) in [6.07, 6.45) is 8.72. The van der Waals surface area contributed by atoms with E-state index in [2.05, 4.69) is 10.3 Å². The van der Waals surface area contributed by atoms with E-state index in [4.69, 9.17) is 4.74 Å². The van der Waals surface area contributed by atoms with E-state index in [1.165, 1.54) is 25.3 Å². The van der Waals surface area contributed by atoms with Crippen molar-refractivity contribution in [2.45, 2.75) is 76.4 Å². The van der Waals surface area contributed by atoms with E-state index in [1.807, 2.05) is 11.9 Å². The van der Waals surface area contributed by atoms with Gasteiger partial charge in [0, 0.05) is 31.6 Å². The minimum atomic E-state index is -0.689. The molecule has 1 aliphatic carbocycles. The number of hydrogen-bond donors (Lipinski definition) is 2. The highest BCUT2D eigenvalue weighted by atomic mass is 19.1. The first-order chi connectivity index (χ1) is 16.0. The summed E-state index contributed by atoms with van der Waals surface area (Å²) in [6, 6.07) is 2.67. The van der Waals surface area contributed by atoms with Gasteiger partial charge in [0.05, 0.1) is 13.2 Å². The van der Waals surface area contributed by atoms with Crippen LogP contribution in [0.3, 0.4) is 0 Å². The number of carbonyl (C=O) groups is 2. The Bertz CT molecular complexity index is 916. The first-order valence-corrected chi connectivity index (χ1v) is 12.0. The molecule has 1 atom stereocenters. The lowest BCUT2D eigenvalue weighted by Crippen LogP contribution is -2.39. The minimum absolute atomic E-state index is 0.0782. The molecule has 1 saturated heterocycles. The van der Waals surface area contributed by atoms with Crippen molar-refractivity contribution in [1.29, 1.82) is 0 Å². The van der Waals surface area contributed by atoms with Gasteiger partial charge in [0.25, 0.3) is 5.91 Å². The molecular formula is C24H33FN4O4. The van der Waals surface area contributed by atoms with Gasteiger partial charge in [-0.2, -0.15) is 0 Å². The largest absolute Gasteiger partial charge is 0.488 e. The molecule has 9 heteroatoms. The molecule has 0 aromatic heterocycles. The summed E-state index contributed by atoms with van der Waals surface area (Å²) in [4.78, 5) is 32.4. The summed E-state index contributed by atoms with van der Waals surface area (Å²) in [6.45, 7) is 0.343. The fourth-order valence-corrected chi connectivity index (χ4v) is 4.85. The van der Waals surface area contributed by atoms with Crippen molar-refractivity contribution in [3.63, 3.8) is 0 Å². The number of carbonyl (C=O) groups excluding carboxylic acids is 2. The van der Waals surface area contributed by atoms with Crippen molar-refractivity contribution >= 4 is 23.5 Å². The second-order valence-electron chi connectivity index (χ2n) is 9.09. The number of amides is 2. The summed E-state index contributed by atoms with van der Waals surface area (Å²) < 4.78 is 20.3. The number of aliphatic hydroxyl groups is 1. The molecule has 2 heterocycles. The van der Waals surface area contributed by atoms with Crippen LogP contribution in [0.2, 0.25) is 0 Å². The Hall–Kier alpha value is -2.68. The van der Waals surface area contributed by atoms with Crippen molar-refractivity contribution in [3.05, 3.63) is 23.5 Å². The first kappa shape index (κ1) is 23.5. The molecular weight excluding hydrogens is 427 g/mol. The van der Waals surface area contributed by atoms with Crippen LogP contribution in [0.5, 0.6) is 5.75 Å². The molecule has 0 bridgehead atoms. The number of halogens is 1. The maximum atomic E-state index is 14.5. The Morgan fingerprint density at radius 2 is 2.06 bits per heavy atom. The Kier molecular flexibility index (Phi) is 7.47. The number of rotatable bonds is 9. The highest BCUT2D eigenvalue weighted by Crippen LogP contribution is 2.39.